The maximum atomic E-state index is 13.7. The van der Waals surface area contributed by atoms with E-state index in [1.54, 1.807) is 6.07 Å². The number of rotatable bonds is 5. The highest BCUT2D eigenvalue weighted by Crippen LogP contribution is 2.24. The maximum Gasteiger partial charge on any atom is 0.262 e. The van der Waals surface area contributed by atoms with Crippen LogP contribution in [0.25, 0.3) is 11.3 Å². The van der Waals surface area contributed by atoms with Gasteiger partial charge in [-0.05, 0) is 43.2 Å². The van der Waals surface area contributed by atoms with Crippen molar-refractivity contribution in [2.45, 2.75) is 25.8 Å². The van der Waals surface area contributed by atoms with Gasteiger partial charge in [-0.2, -0.15) is 0 Å². The number of carbonyl (C=O) groups excluding carboxylic acids is 1. The van der Waals surface area contributed by atoms with E-state index in [9.17, 15) is 9.18 Å². The average Bonchev–Trinajstić information content (AvgIpc) is 3.12. The smallest absolute Gasteiger partial charge is 0.262 e. The molecule has 144 valence electrons. The van der Waals surface area contributed by atoms with Crippen LogP contribution in [0.3, 0.4) is 0 Å². The first-order valence-corrected chi connectivity index (χ1v) is 9.92. The van der Waals surface area contributed by atoms with Crippen LogP contribution in [-0.4, -0.2) is 22.1 Å². The Bertz CT molecular complexity index is 978. The van der Waals surface area contributed by atoms with Gasteiger partial charge in [0.15, 0.2) is 18.2 Å². The molecule has 1 aliphatic rings. The molecule has 1 aliphatic heterocycles. The van der Waals surface area contributed by atoms with Gasteiger partial charge >= 0.3 is 0 Å². The molecule has 0 spiro atoms. The number of nitrogens with one attached hydrogen (secondary N) is 1. The summed E-state index contributed by atoms with van der Waals surface area (Å²) in [5.74, 6) is 0.301. The highest BCUT2D eigenvalue weighted by atomic mass is 79.9. The van der Waals surface area contributed by atoms with Crippen molar-refractivity contribution in [1.29, 1.82) is 0 Å². The minimum atomic E-state index is -0.519. The number of fused-ring (bicyclic) bond motifs is 1. The van der Waals surface area contributed by atoms with Gasteiger partial charge in [-0.3, -0.25) is 4.79 Å². The molecule has 7 heteroatoms. The number of anilines is 1. The second-order valence-electron chi connectivity index (χ2n) is 6.68. The number of nitrogens with zero attached hydrogens (tertiary/aromatic N) is 2. The predicted molar refractivity (Wildman–Crippen MR) is 109 cm³/mol. The van der Waals surface area contributed by atoms with Crippen LogP contribution >= 0.6 is 15.9 Å². The molecular formula is C21H19BrFN3O2. The molecule has 0 aliphatic carbocycles. The number of ether oxygens (including phenoxy) is 1. The van der Waals surface area contributed by atoms with Crippen molar-refractivity contribution >= 4 is 27.5 Å². The number of imidazole rings is 1. The molecule has 0 fully saturated rings. The lowest BCUT2D eigenvalue weighted by Crippen LogP contribution is -2.20. The molecule has 4 rings (SSSR count). The first-order valence-electron chi connectivity index (χ1n) is 9.13. The third kappa shape index (κ3) is 4.25. The molecule has 0 saturated heterocycles. The lowest BCUT2D eigenvalue weighted by Gasteiger charge is -2.11. The third-order valence-corrected chi connectivity index (χ3v) is 5.12. The standard InChI is InChI=1S/C21H19BrFN3O2/c22-15-6-9-19(17(23)11-15)28-13-21(27)24-16-7-4-14(5-8-16)18-12-26-10-2-1-3-20(26)25-18/h4-9,11-12H,1-3,10,13H2,(H,24,27). The molecule has 2 aromatic carbocycles. The first-order chi connectivity index (χ1) is 13.6. The Morgan fingerprint density at radius 1 is 1.21 bits per heavy atom. The lowest BCUT2D eigenvalue weighted by atomic mass is 10.1. The van der Waals surface area contributed by atoms with Crippen LogP contribution in [0.15, 0.2) is 53.1 Å². The van der Waals surface area contributed by atoms with Crippen molar-refractivity contribution in [3.8, 4) is 17.0 Å². The van der Waals surface area contributed by atoms with E-state index < -0.39 is 5.82 Å². The quantitative estimate of drug-likeness (QED) is 0.615. The number of aromatic nitrogens is 2. The first kappa shape index (κ1) is 18.7. The summed E-state index contributed by atoms with van der Waals surface area (Å²) in [7, 11) is 0. The van der Waals surface area contributed by atoms with Crippen LogP contribution in [0, 0.1) is 5.82 Å². The molecule has 0 unspecified atom stereocenters. The minimum absolute atomic E-state index is 0.0393. The summed E-state index contributed by atoms with van der Waals surface area (Å²) in [6, 6.07) is 11.9. The summed E-state index contributed by atoms with van der Waals surface area (Å²) < 4.78 is 21.8. The Balaban J connectivity index is 1.36. The van der Waals surface area contributed by atoms with Gasteiger partial charge in [0.2, 0.25) is 0 Å². The van der Waals surface area contributed by atoms with Crippen LogP contribution in [-0.2, 0) is 17.8 Å². The zero-order valence-corrected chi connectivity index (χ0v) is 16.7. The monoisotopic (exact) mass is 443 g/mol. The lowest BCUT2D eigenvalue weighted by molar-refractivity contribution is -0.118. The van der Waals surface area contributed by atoms with E-state index in [4.69, 9.17) is 9.72 Å². The summed E-state index contributed by atoms with van der Waals surface area (Å²) >= 11 is 3.18. The van der Waals surface area contributed by atoms with Crippen LogP contribution < -0.4 is 10.1 Å². The summed E-state index contributed by atoms with van der Waals surface area (Å²) in [5, 5.41) is 2.75. The van der Waals surface area contributed by atoms with Gasteiger partial charge in [0.25, 0.3) is 5.91 Å². The third-order valence-electron chi connectivity index (χ3n) is 4.63. The van der Waals surface area contributed by atoms with E-state index >= 15 is 0 Å². The van der Waals surface area contributed by atoms with E-state index in [1.165, 1.54) is 25.0 Å². The molecule has 0 atom stereocenters. The number of aryl methyl sites for hydroxylation is 2. The van der Waals surface area contributed by atoms with Crippen molar-refractivity contribution in [1.82, 2.24) is 9.55 Å². The van der Waals surface area contributed by atoms with Gasteiger partial charge in [-0.15, -0.1) is 0 Å². The Morgan fingerprint density at radius 2 is 2.04 bits per heavy atom. The van der Waals surface area contributed by atoms with Crippen molar-refractivity contribution in [3.05, 3.63) is 64.8 Å². The Morgan fingerprint density at radius 3 is 2.79 bits per heavy atom. The van der Waals surface area contributed by atoms with Crippen molar-refractivity contribution in [2.75, 3.05) is 11.9 Å². The molecule has 1 amide bonds. The van der Waals surface area contributed by atoms with E-state index in [2.05, 4.69) is 32.0 Å². The van der Waals surface area contributed by atoms with Gasteiger partial charge in [-0.25, -0.2) is 9.37 Å². The molecule has 3 aromatic rings. The van der Waals surface area contributed by atoms with Crippen molar-refractivity contribution < 1.29 is 13.9 Å². The highest BCUT2D eigenvalue weighted by molar-refractivity contribution is 9.10. The van der Waals surface area contributed by atoms with Crippen molar-refractivity contribution in [2.24, 2.45) is 0 Å². The molecule has 28 heavy (non-hydrogen) atoms. The normalized spacial score (nSPS) is 13.1. The molecule has 0 saturated carbocycles. The number of benzene rings is 2. The van der Waals surface area contributed by atoms with Crippen LogP contribution in [0.2, 0.25) is 0 Å². The van der Waals surface area contributed by atoms with E-state index in [0.29, 0.717) is 10.2 Å². The predicted octanol–water partition coefficient (Wildman–Crippen LogP) is 4.81. The molecular weight excluding hydrogens is 425 g/mol. The number of hydrogen-bond acceptors (Lipinski definition) is 3. The minimum Gasteiger partial charge on any atom is -0.481 e. The van der Waals surface area contributed by atoms with Crippen LogP contribution in [0.1, 0.15) is 18.7 Å². The fourth-order valence-corrected chi connectivity index (χ4v) is 3.54. The van der Waals surface area contributed by atoms with Gasteiger partial charge < -0.3 is 14.6 Å². The van der Waals surface area contributed by atoms with Gasteiger partial charge in [0.05, 0.1) is 5.69 Å². The zero-order valence-electron chi connectivity index (χ0n) is 15.1. The topological polar surface area (TPSA) is 56.1 Å². The van der Waals surface area contributed by atoms with E-state index in [0.717, 1.165) is 30.0 Å². The summed E-state index contributed by atoms with van der Waals surface area (Å²) in [6.07, 6.45) is 5.49. The van der Waals surface area contributed by atoms with Gasteiger partial charge in [0.1, 0.15) is 5.82 Å². The van der Waals surface area contributed by atoms with E-state index in [1.807, 2.05) is 24.3 Å². The summed E-state index contributed by atoms with van der Waals surface area (Å²) in [6.45, 7) is 0.753. The Kier molecular flexibility index (Phi) is 5.43. The van der Waals surface area contributed by atoms with E-state index in [-0.39, 0.29) is 18.3 Å². The second kappa shape index (κ2) is 8.14. The zero-order chi connectivity index (χ0) is 19.5. The maximum absolute atomic E-state index is 13.7. The Hall–Kier alpha value is -2.67. The molecule has 0 radical (unpaired) electrons. The SMILES string of the molecule is O=C(COc1ccc(Br)cc1F)Nc1ccc(-c2cn3c(n2)CCCC3)cc1. The number of amides is 1. The molecule has 5 nitrogen and oxygen atoms in total. The number of carbonyl (C=O) groups is 1. The van der Waals surface area contributed by atoms with Gasteiger partial charge in [-0.1, -0.05) is 28.1 Å². The summed E-state index contributed by atoms with van der Waals surface area (Å²) in [5.41, 5.74) is 2.61. The second-order valence-corrected chi connectivity index (χ2v) is 7.60. The largest absolute Gasteiger partial charge is 0.481 e. The van der Waals surface area contributed by atoms with Gasteiger partial charge in [0, 0.05) is 34.9 Å². The van der Waals surface area contributed by atoms with Crippen LogP contribution in [0.4, 0.5) is 10.1 Å². The van der Waals surface area contributed by atoms with Crippen LogP contribution in [0.5, 0.6) is 5.75 Å². The number of halogens is 2. The molecule has 2 heterocycles. The fraction of sp³-hybridized carbons (Fsp3) is 0.238. The van der Waals surface area contributed by atoms with Crippen molar-refractivity contribution in [3.63, 3.8) is 0 Å². The summed E-state index contributed by atoms with van der Waals surface area (Å²) in [4.78, 5) is 16.8. The highest BCUT2D eigenvalue weighted by Gasteiger charge is 2.13. The fourth-order valence-electron chi connectivity index (χ4n) is 3.21. The molecule has 1 N–H and O–H groups in total. The average molecular weight is 444 g/mol. The molecule has 0 bridgehead atoms. The number of hydrogen-bond donors (Lipinski definition) is 1. The Labute approximate surface area is 170 Å². The molecule has 1 aromatic heterocycles.